The summed E-state index contributed by atoms with van der Waals surface area (Å²) in [5, 5.41) is 5.91. The van der Waals surface area contributed by atoms with Crippen LogP contribution in [0.1, 0.15) is 13.3 Å². The van der Waals surface area contributed by atoms with Gasteiger partial charge in [-0.05, 0) is 31.3 Å². The molecule has 2 aromatic rings. The molecule has 0 amide bonds. The number of thiophene rings is 1. The summed E-state index contributed by atoms with van der Waals surface area (Å²) in [6.45, 7) is 5.86. The Kier molecular flexibility index (Phi) is 5.50. The molecule has 1 N–H and O–H groups in total. The zero-order chi connectivity index (χ0) is 13.5. The van der Waals surface area contributed by atoms with Gasteiger partial charge in [0.15, 0.2) is 0 Å². The highest BCUT2D eigenvalue weighted by molar-refractivity contribution is 7.16. The lowest BCUT2D eigenvalue weighted by molar-refractivity contribution is 0.145. The van der Waals surface area contributed by atoms with E-state index >= 15 is 0 Å². The smallest absolute Gasteiger partial charge is 0.262 e. The Morgan fingerprint density at radius 2 is 2.37 bits per heavy atom. The van der Waals surface area contributed by atoms with Crippen LogP contribution in [0, 0.1) is 0 Å². The number of nitrogens with zero attached hydrogens (tertiary/aromatic N) is 2. The van der Waals surface area contributed by atoms with Crippen molar-refractivity contribution in [2.75, 3.05) is 26.3 Å². The number of aromatic nitrogens is 2. The predicted octanol–water partition coefficient (Wildman–Crippen LogP) is 1.47. The van der Waals surface area contributed by atoms with E-state index in [-0.39, 0.29) is 5.56 Å². The Labute approximate surface area is 116 Å². The summed E-state index contributed by atoms with van der Waals surface area (Å²) in [6.07, 6.45) is 2.62. The third-order valence-corrected chi connectivity index (χ3v) is 3.65. The minimum atomic E-state index is 0.0439. The molecule has 0 saturated carbocycles. The van der Waals surface area contributed by atoms with Crippen molar-refractivity contribution in [3.8, 4) is 0 Å². The molecule has 19 heavy (non-hydrogen) atoms. The van der Waals surface area contributed by atoms with E-state index in [1.807, 2.05) is 18.4 Å². The normalized spacial score (nSPS) is 11.2. The van der Waals surface area contributed by atoms with Crippen LogP contribution in [0.25, 0.3) is 10.2 Å². The Bertz CT molecular complexity index is 564. The van der Waals surface area contributed by atoms with Crippen LogP contribution in [0.5, 0.6) is 0 Å². The van der Waals surface area contributed by atoms with Gasteiger partial charge in [-0.1, -0.05) is 0 Å². The molecule has 104 valence electrons. The molecule has 6 heteroatoms. The van der Waals surface area contributed by atoms with Crippen molar-refractivity contribution in [1.29, 1.82) is 0 Å². The number of ether oxygens (including phenoxy) is 1. The van der Waals surface area contributed by atoms with Gasteiger partial charge in [-0.25, -0.2) is 4.98 Å². The lowest BCUT2D eigenvalue weighted by Crippen LogP contribution is -2.27. The molecule has 0 fully saturated rings. The van der Waals surface area contributed by atoms with Gasteiger partial charge in [0, 0.05) is 26.3 Å². The van der Waals surface area contributed by atoms with Crippen molar-refractivity contribution in [2.45, 2.75) is 19.9 Å². The van der Waals surface area contributed by atoms with Crippen LogP contribution in [0.2, 0.25) is 0 Å². The van der Waals surface area contributed by atoms with E-state index in [4.69, 9.17) is 4.74 Å². The fourth-order valence-corrected chi connectivity index (χ4v) is 2.54. The van der Waals surface area contributed by atoms with Gasteiger partial charge < -0.3 is 10.1 Å². The van der Waals surface area contributed by atoms with Crippen LogP contribution in [0.3, 0.4) is 0 Å². The van der Waals surface area contributed by atoms with Crippen LogP contribution >= 0.6 is 11.3 Å². The zero-order valence-corrected chi connectivity index (χ0v) is 11.9. The van der Waals surface area contributed by atoms with Gasteiger partial charge in [-0.3, -0.25) is 9.36 Å². The fraction of sp³-hybridized carbons (Fsp3) is 0.538. The maximum atomic E-state index is 12.1. The summed E-state index contributed by atoms with van der Waals surface area (Å²) in [7, 11) is 0. The topological polar surface area (TPSA) is 56.1 Å². The van der Waals surface area contributed by atoms with E-state index < -0.39 is 0 Å². The van der Waals surface area contributed by atoms with Gasteiger partial charge >= 0.3 is 0 Å². The van der Waals surface area contributed by atoms with E-state index in [2.05, 4.69) is 10.3 Å². The average Bonchev–Trinajstić information content (AvgIpc) is 2.89. The first-order valence-corrected chi connectivity index (χ1v) is 7.42. The maximum Gasteiger partial charge on any atom is 0.262 e. The van der Waals surface area contributed by atoms with E-state index in [0.717, 1.165) is 37.6 Å². The lowest BCUT2D eigenvalue weighted by Gasteiger charge is -2.07. The summed E-state index contributed by atoms with van der Waals surface area (Å²) in [5.74, 6) is 0. The minimum Gasteiger partial charge on any atom is -0.382 e. The van der Waals surface area contributed by atoms with Crippen LogP contribution < -0.4 is 10.9 Å². The molecular formula is C13H19N3O2S. The van der Waals surface area contributed by atoms with Crippen molar-refractivity contribution in [2.24, 2.45) is 0 Å². The summed E-state index contributed by atoms with van der Waals surface area (Å²) in [4.78, 5) is 17.2. The Morgan fingerprint density at radius 3 is 3.21 bits per heavy atom. The van der Waals surface area contributed by atoms with Gasteiger partial charge in [-0.2, -0.15) is 0 Å². The number of hydrogen-bond donors (Lipinski definition) is 1. The summed E-state index contributed by atoms with van der Waals surface area (Å²) in [6, 6.07) is 1.83. The highest BCUT2D eigenvalue weighted by Gasteiger charge is 2.04. The largest absolute Gasteiger partial charge is 0.382 e. The van der Waals surface area contributed by atoms with Crippen molar-refractivity contribution >= 4 is 21.6 Å². The van der Waals surface area contributed by atoms with E-state index in [0.29, 0.717) is 11.9 Å². The number of hydrogen-bond acceptors (Lipinski definition) is 5. The lowest BCUT2D eigenvalue weighted by atomic mass is 10.4. The van der Waals surface area contributed by atoms with Crippen LogP contribution in [-0.4, -0.2) is 35.9 Å². The quantitative estimate of drug-likeness (QED) is 0.745. The molecule has 2 heterocycles. The van der Waals surface area contributed by atoms with Gasteiger partial charge in [0.05, 0.1) is 11.7 Å². The van der Waals surface area contributed by atoms with Crippen molar-refractivity contribution in [3.63, 3.8) is 0 Å². The van der Waals surface area contributed by atoms with Gasteiger partial charge in [0.25, 0.3) is 5.56 Å². The summed E-state index contributed by atoms with van der Waals surface area (Å²) in [5.41, 5.74) is 0.0439. The minimum absolute atomic E-state index is 0.0439. The van der Waals surface area contributed by atoms with Crippen LogP contribution in [0.15, 0.2) is 22.6 Å². The van der Waals surface area contributed by atoms with Crippen molar-refractivity contribution in [1.82, 2.24) is 14.9 Å². The third kappa shape index (κ3) is 3.86. The SMILES string of the molecule is CCOCCCNCCn1cnc2sccc2c1=O. The second-order valence-electron chi connectivity index (χ2n) is 4.18. The average molecular weight is 281 g/mol. The molecule has 2 aromatic heterocycles. The molecule has 2 rings (SSSR count). The van der Waals surface area contributed by atoms with Gasteiger partial charge in [0.1, 0.15) is 4.83 Å². The highest BCUT2D eigenvalue weighted by atomic mass is 32.1. The molecule has 0 spiro atoms. The van der Waals surface area contributed by atoms with E-state index in [9.17, 15) is 4.79 Å². The van der Waals surface area contributed by atoms with E-state index in [1.54, 1.807) is 10.9 Å². The Morgan fingerprint density at radius 1 is 1.47 bits per heavy atom. The maximum absolute atomic E-state index is 12.1. The first kappa shape index (κ1) is 14.2. The van der Waals surface area contributed by atoms with Crippen molar-refractivity contribution in [3.05, 3.63) is 28.1 Å². The second kappa shape index (κ2) is 7.37. The number of nitrogens with one attached hydrogen (secondary N) is 1. The first-order valence-electron chi connectivity index (χ1n) is 6.54. The Hall–Kier alpha value is -1.24. The number of fused-ring (bicyclic) bond motifs is 1. The number of rotatable bonds is 8. The van der Waals surface area contributed by atoms with Crippen LogP contribution in [0.4, 0.5) is 0 Å². The predicted molar refractivity (Wildman–Crippen MR) is 77.9 cm³/mol. The molecule has 0 aromatic carbocycles. The van der Waals surface area contributed by atoms with Gasteiger partial charge in [-0.15, -0.1) is 11.3 Å². The zero-order valence-electron chi connectivity index (χ0n) is 11.1. The van der Waals surface area contributed by atoms with Gasteiger partial charge in [0.2, 0.25) is 0 Å². The Balaban J connectivity index is 1.78. The molecule has 5 nitrogen and oxygen atoms in total. The van der Waals surface area contributed by atoms with Crippen molar-refractivity contribution < 1.29 is 4.74 Å². The molecule has 0 atom stereocenters. The molecule has 0 unspecified atom stereocenters. The standard InChI is InChI=1S/C13H19N3O2S/c1-2-18-8-3-5-14-6-7-16-10-15-12-11(13(16)17)4-9-19-12/h4,9-10,14H,2-3,5-8H2,1H3. The molecule has 0 radical (unpaired) electrons. The van der Waals surface area contributed by atoms with E-state index in [1.165, 1.54) is 11.3 Å². The van der Waals surface area contributed by atoms with Crippen LogP contribution in [-0.2, 0) is 11.3 Å². The third-order valence-electron chi connectivity index (χ3n) is 2.83. The molecule has 0 bridgehead atoms. The fourth-order valence-electron chi connectivity index (χ4n) is 1.82. The molecule has 0 aliphatic carbocycles. The molecular weight excluding hydrogens is 262 g/mol. The molecule has 0 saturated heterocycles. The summed E-state index contributed by atoms with van der Waals surface area (Å²) < 4.78 is 6.91. The second-order valence-corrected chi connectivity index (χ2v) is 5.08. The molecule has 0 aliphatic heterocycles. The molecule has 0 aliphatic rings. The summed E-state index contributed by atoms with van der Waals surface area (Å²) >= 11 is 1.50. The first-order chi connectivity index (χ1) is 9.33. The highest BCUT2D eigenvalue weighted by Crippen LogP contribution is 2.12. The monoisotopic (exact) mass is 281 g/mol.